The predicted molar refractivity (Wildman–Crippen MR) is 144 cm³/mol. The number of benzene rings is 2. The average molecular weight is 553 g/mol. The fourth-order valence-electron chi connectivity index (χ4n) is 3.81. The summed E-state index contributed by atoms with van der Waals surface area (Å²) >= 11 is 0. The molecule has 0 bridgehead atoms. The van der Waals surface area contributed by atoms with Crippen molar-refractivity contribution in [1.82, 2.24) is 15.1 Å². The first-order chi connectivity index (χ1) is 18.2. The minimum atomic E-state index is -4.10. The Labute approximate surface area is 226 Å². The third-order valence-electron chi connectivity index (χ3n) is 5.22. The first-order valence-corrected chi connectivity index (χ1v) is 13.2. The molecule has 0 unspecified atom stereocenters. The largest absolute Gasteiger partial charge is 0.442 e. The molecule has 0 aliphatic rings. The number of nitriles is 1. The number of carbonyl (C=O) groups is 1. The lowest BCUT2D eigenvalue weighted by Gasteiger charge is -2.19. The van der Waals surface area contributed by atoms with Gasteiger partial charge >= 0.3 is 16.2 Å². The van der Waals surface area contributed by atoms with Crippen LogP contribution < -0.4 is 5.48 Å². The number of fused-ring (bicyclic) bond motifs is 1. The van der Waals surface area contributed by atoms with E-state index < -0.39 is 21.8 Å². The Morgan fingerprint density at radius 1 is 1.03 bits per heavy atom. The highest BCUT2D eigenvalue weighted by Gasteiger charge is 2.24. The Morgan fingerprint density at radius 3 is 2.21 bits per heavy atom. The minimum Gasteiger partial charge on any atom is -0.442 e. The summed E-state index contributed by atoms with van der Waals surface area (Å²) in [7, 11) is -4.10. The molecule has 0 radical (unpaired) electrons. The molecule has 0 aliphatic heterocycles. The Hall–Kier alpha value is -4.27. The molecule has 2 heterocycles. The lowest BCUT2D eigenvalue weighted by atomic mass is 10.1. The number of nitrogens with one attached hydrogen (secondary N) is 1. The molecule has 0 aliphatic carbocycles. The van der Waals surface area contributed by atoms with Crippen LogP contribution in [0.25, 0.3) is 16.8 Å². The monoisotopic (exact) mass is 552 g/mol. The quantitative estimate of drug-likeness (QED) is 0.319. The molecule has 1 amide bonds. The first kappa shape index (κ1) is 29.3. The van der Waals surface area contributed by atoms with Crippen molar-refractivity contribution in [2.75, 3.05) is 0 Å². The number of hydrogen-bond acceptors (Lipinski definition) is 7. The lowest BCUT2D eigenvalue weighted by molar-refractivity contribution is 0.0298. The number of nitrogens with zero attached hydrogens (tertiary/aromatic N) is 3. The molecule has 0 spiro atoms. The topological polar surface area (TPSA) is 123 Å². The zero-order valence-corrected chi connectivity index (χ0v) is 23.3. The van der Waals surface area contributed by atoms with Gasteiger partial charge in [-0.3, -0.25) is 0 Å². The van der Waals surface area contributed by atoms with Crippen molar-refractivity contribution in [1.29, 1.82) is 5.26 Å². The fourth-order valence-corrected chi connectivity index (χ4v) is 4.97. The third kappa shape index (κ3) is 7.86. The zero-order chi connectivity index (χ0) is 29.0. The second kappa shape index (κ2) is 11.6. The normalized spacial score (nSPS) is 11.3. The number of carbonyl (C=O) groups excluding carboxylic acids is 1. The van der Waals surface area contributed by atoms with Crippen molar-refractivity contribution < 1.29 is 26.6 Å². The Balaban J connectivity index is 0.000000217. The van der Waals surface area contributed by atoms with E-state index in [9.17, 15) is 17.6 Å². The van der Waals surface area contributed by atoms with Gasteiger partial charge in [-0.2, -0.15) is 24.3 Å². The summed E-state index contributed by atoms with van der Waals surface area (Å²) in [4.78, 5) is 11.5. The molecular formula is C28H29FN4O5S. The van der Waals surface area contributed by atoms with Gasteiger partial charge in [-0.15, -0.1) is 4.28 Å². The van der Waals surface area contributed by atoms with Crippen LogP contribution in [-0.4, -0.2) is 29.7 Å². The molecule has 4 rings (SSSR count). The highest BCUT2D eigenvalue weighted by atomic mass is 32.2. The van der Waals surface area contributed by atoms with Gasteiger partial charge < -0.3 is 4.74 Å². The molecule has 204 valence electrons. The van der Waals surface area contributed by atoms with Crippen molar-refractivity contribution in [2.24, 2.45) is 0 Å². The maximum atomic E-state index is 12.8. The molecule has 1 N–H and O–H groups in total. The summed E-state index contributed by atoms with van der Waals surface area (Å²) in [6.45, 7) is 10.2. The van der Waals surface area contributed by atoms with Crippen LogP contribution in [0.2, 0.25) is 0 Å². The smallest absolute Gasteiger partial charge is 0.432 e. The summed E-state index contributed by atoms with van der Waals surface area (Å²) in [5, 5.41) is 13.2. The minimum absolute atomic E-state index is 0.0455. The van der Waals surface area contributed by atoms with E-state index in [1.54, 1.807) is 81.1 Å². The summed E-state index contributed by atoms with van der Waals surface area (Å²) in [5.74, 6) is -0.269. The van der Waals surface area contributed by atoms with E-state index >= 15 is 0 Å². The maximum Gasteiger partial charge on any atom is 0.432 e. The summed E-state index contributed by atoms with van der Waals surface area (Å²) in [5.41, 5.74) is 6.16. The van der Waals surface area contributed by atoms with Gasteiger partial charge in [-0.1, -0.05) is 17.7 Å². The molecule has 0 atom stereocenters. The molecule has 2 aromatic carbocycles. The first-order valence-electron chi connectivity index (χ1n) is 11.8. The third-order valence-corrected chi connectivity index (χ3v) is 6.66. The number of hydrogen-bond donors (Lipinski definition) is 1. The molecule has 0 fully saturated rings. The molecular weight excluding hydrogens is 523 g/mol. The highest BCUT2D eigenvalue weighted by Crippen LogP contribution is 2.23. The molecule has 39 heavy (non-hydrogen) atoms. The molecule has 9 nitrogen and oxygen atoms in total. The van der Waals surface area contributed by atoms with Gasteiger partial charge in [0.2, 0.25) is 0 Å². The lowest BCUT2D eigenvalue weighted by Crippen LogP contribution is -2.34. The van der Waals surface area contributed by atoms with Crippen LogP contribution in [0.5, 0.6) is 0 Å². The van der Waals surface area contributed by atoms with E-state index in [4.69, 9.17) is 10.00 Å². The molecule has 0 saturated carbocycles. The second-order valence-corrected chi connectivity index (χ2v) is 11.3. The molecule has 11 heteroatoms. The standard InChI is InChI=1S/C14H8FN3.C14H21NO5S/c15-12-4-2-11(3-5-12)14-7-13-6-1-10(8-16)9-18(13)17-14;1-9-7-10(2)12(11(3)8-9)21(17,18)20-15-13(16)19-14(4,5)6/h1-7,9H;7-8H,1-6H3,(H,15,16). The number of ether oxygens (including phenoxy) is 1. The Morgan fingerprint density at radius 2 is 1.64 bits per heavy atom. The number of halogens is 1. The van der Waals surface area contributed by atoms with Gasteiger partial charge in [-0.25, -0.2) is 13.7 Å². The average Bonchev–Trinajstić information content (AvgIpc) is 3.25. The van der Waals surface area contributed by atoms with Crippen molar-refractivity contribution in [2.45, 2.75) is 52.0 Å². The molecule has 2 aromatic heterocycles. The van der Waals surface area contributed by atoms with Crippen molar-refractivity contribution >= 4 is 21.7 Å². The van der Waals surface area contributed by atoms with Gasteiger partial charge in [0, 0.05) is 11.8 Å². The van der Waals surface area contributed by atoms with E-state index in [0.717, 1.165) is 22.3 Å². The summed E-state index contributed by atoms with van der Waals surface area (Å²) in [6.07, 6.45) is 0.705. The van der Waals surface area contributed by atoms with Crippen molar-refractivity contribution in [3.05, 3.63) is 88.9 Å². The number of aromatic nitrogens is 2. The van der Waals surface area contributed by atoms with E-state index in [1.807, 2.05) is 19.1 Å². The number of hydroxylamine groups is 1. The number of pyridine rings is 1. The Bertz CT molecular complexity index is 1630. The van der Waals surface area contributed by atoms with Crippen LogP contribution in [0.4, 0.5) is 9.18 Å². The predicted octanol–water partition coefficient (Wildman–Crippen LogP) is 5.77. The van der Waals surface area contributed by atoms with Crippen LogP contribution in [0.1, 0.15) is 43.0 Å². The van der Waals surface area contributed by atoms with E-state index in [0.29, 0.717) is 16.7 Å². The van der Waals surface area contributed by atoms with E-state index in [1.165, 1.54) is 12.1 Å². The van der Waals surface area contributed by atoms with Crippen LogP contribution in [0, 0.1) is 37.9 Å². The number of aryl methyl sites for hydroxylation is 3. The van der Waals surface area contributed by atoms with Gasteiger partial charge in [-0.05, 0) is 95.1 Å². The molecule has 4 aromatic rings. The second-order valence-electron chi connectivity index (χ2n) is 9.80. The van der Waals surface area contributed by atoms with Gasteiger partial charge in [0.25, 0.3) is 0 Å². The highest BCUT2D eigenvalue weighted by molar-refractivity contribution is 7.86. The van der Waals surface area contributed by atoms with Crippen molar-refractivity contribution in [3.63, 3.8) is 0 Å². The molecule has 0 saturated heterocycles. The van der Waals surface area contributed by atoms with Crippen LogP contribution in [0.3, 0.4) is 0 Å². The van der Waals surface area contributed by atoms with Crippen LogP contribution in [-0.2, 0) is 19.1 Å². The summed E-state index contributed by atoms with van der Waals surface area (Å²) in [6, 6.07) is 17.2. The van der Waals surface area contributed by atoms with Crippen molar-refractivity contribution in [3.8, 4) is 17.3 Å². The SMILES string of the molecule is Cc1cc(C)c(S(=O)(=O)ONC(=O)OC(C)(C)C)c(C)c1.N#Cc1ccc2cc(-c3ccc(F)cc3)nn2c1. The van der Waals surface area contributed by atoms with Gasteiger partial charge in [0.1, 0.15) is 22.4 Å². The van der Waals surface area contributed by atoms with Crippen LogP contribution in [0.15, 0.2) is 65.7 Å². The van der Waals surface area contributed by atoms with E-state index in [2.05, 4.69) is 15.5 Å². The zero-order valence-electron chi connectivity index (χ0n) is 22.4. The number of amides is 1. The Kier molecular flexibility index (Phi) is 8.74. The maximum absolute atomic E-state index is 12.8. The van der Waals surface area contributed by atoms with Gasteiger partial charge in [0.05, 0.1) is 16.8 Å². The summed E-state index contributed by atoms with van der Waals surface area (Å²) < 4.78 is 48.3. The van der Waals surface area contributed by atoms with Crippen LogP contribution >= 0.6 is 0 Å². The fraction of sp³-hybridized carbons (Fsp3) is 0.250. The number of rotatable bonds is 4. The van der Waals surface area contributed by atoms with E-state index in [-0.39, 0.29) is 10.7 Å². The van der Waals surface area contributed by atoms with Gasteiger partial charge in [0.15, 0.2) is 0 Å².